The molecule has 0 aromatic heterocycles. The lowest BCUT2D eigenvalue weighted by Crippen LogP contribution is -2.21. The first-order valence-corrected chi connectivity index (χ1v) is 8.90. The number of rotatable bonds is 4. The summed E-state index contributed by atoms with van der Waals surface area (Å²) in [7, 11) is 0. The van der Waals surface area contributed by atoms with Crippen LogP contribution in [0.15, 0.2) is 65.8 Å². The summed E-state index contributed by atoms with van der Waals surface area (Å²) in [6, 6.07) is 19.7. The number of hydrogen-bond donors (Lipinski definition) is 1. The van der Waals surface area contributed by atoms with E-state index in [9.17, 15) is 4.79 Å². The number of hydrogen-bond acceptors (Lipinski definition) is 4. The number of hydrazone groups is 1. The van der Waals surface area contributed by atoms with Crippen LogP contribution in [-0.2, 0) is 11.2 Å². The fraction of sp³-hybridized carbons (Fsp3) is 0.182. The maximum atomic E-state index is 12.4. The van der Waals surface area contributed by atoms with Gasteiger partial charge in [0, 0.05) is 5.56 Å². The molecule has 27 heavy (non-hydrogen) atoms. The lowest BCUT2D eigenvalue weighted by Gasteiger charge is -2.18. The van der Waals surface area contributed by atoms with Gasteiger partial charge in [-0.05, 0) is 41.5 Å². The van der Waals surface area contributed by atoms with Crippen LogP contribution in [0.3, 0.4) is 0 Å². The number of ether oxygens (including phenoxy) is 2. The molecular weight excluding hydrogens is 340 g/mol. The number of benzene rings is 3. The number of carbonyl (C=O) groups is 1. The molecule has 1 amide bonds. The van der Waals surface area contributed by atoms with E-state index in [0.717, 1.165) is 27.6 Å². The molecule has 3 aromatic rings. The summed E-state index contributed by atoms with van der Waals surface area (Å²) in [4.78, 5) is 12.4. The van der Waals surface area contributed by atoms with Crippen LogP contribution >= 0.6 is 0 Å². The summed E-state index contributed by atoms with van der Waals surface area (Å²) in [5.74, 6) is 1.29. The maximum Gasteiger partial charge on any atom is 0.244 e. The van der Waals surface area contributed by atoms with Crippen molar-refractivity contribution < 1.29 is 14.3 Å². The van der Waals surface area contributed by atoms with Crippen molar-refractivity contribution in [2.24, 2.45) is 5.10 Å². The van der Waals surface area contributed by atoms with Crippen molar-refractivity contribution in [1.29, 1.82) is 0 Å². The molecule has 1 heterocycles. The Hall–Kier alpha value is -3.34. The van der Waals surface area contributed by atoms with Crippen molar-refractivity contribution in [3.05, 3.63) is 71.8 Å². The van der Waals surface area contributed by atoms with E-state index in [1.165, 1.54) is 0 Å². The molecule has 1 aliphatic rings. The van der Waals surface area contributed by atoms with Crippen molar-refractivity contribution in [1.82, 2.24) is 5.43 Å². The van der Waals surface area contributed by atoms with Gasteiger partial charge in [0.1, 0.15) is 13.2 Å². The number of nitrogens with one attached hydrogen (secondary N) is 1. The van der Waals surface area contributed by atoms with Crippen LogP contribution in [0.1, 0.15) is 18.1 Å². The van der Waals surface area contributed by atoms with E-state index in [4.69, 9.17) is 9.47 Å². The second kappa shape index (κ2) is 7.50. The lowest BCUT2D eigenvalue weighted by atomic mass is 10.0. The predicted molar refractivity (Wildman–Crippen MR) is 105 cm³/mol. The van der Waals surface area contributed by atoms with Gasteiger partial charge in [-0.25, -0.2) is 5.43 Å². The van der Waals surface area contributed by atoms with Gasteiger partial charge >= 0.3 is 0 Å². The minimum atomic E-state index is -0.150. The second-order valence-electron chi connectivity index (χ2n) is 6.41. The first-order chi connectivity index (χ1) is 13.2. The molecule has 0 unspecified atom stereocenters. The fourth-order valence-corrected chi connectivity index (χ4v) is 3.14. The molecule has 136 valence electrons. The van der Waals surface area contributed by atoms with E-state index >= 15 is 0 Å². The van der Waals surface area contributed by atoms with Crippen molar-refractivity contribution in [2.75, 3.05) is 13.2 Å². The molecule has 0 saturated carbocycles. The summed E-state index contributed by atoms with van der Waals surface area (Å²) in [6.07, 6.45) is 0.277. The quantitative estimate of drug-likeness (QED) is 0.570. The van der Waals surface area contributed by atoms with Crippen molar-refractivity contribution in [2.45, 2.75) is 13.3 Å². The fourth-order valence-electron chi connectivity index (χ4n) is 3.14. The summed E-state index contributed by atoms with van der Waals surface area (Å²) >= 11 is 0. The zero-order chi connectivity index (χ0) is 18.6. The van der Waals surface area contributed by atoms with Crippen LogP contribution in [0.5, 0.6) is 11.5 Å². The maximum absolute atomic E-state index is 12.4. The molecule has 5 nitrogen and oxygen atoms in total. The summed E-state index contributed by atoms with van der Waals surface area (Å²) in [5, 5.41) is 6.45. The Morgan fingerprint density at radius 2 is 1.78 bits per heavy atom. The third kappa shape index (κ3) is 3.77. The van der Waals surface area contributed by atoms with Gasteiger partial charge in [0.2, 0.25) is 5.91 Å². The molecule has 3 aromatic carbocycles. The Kier molecular flexibility index (Phi) is 4.75. The normalized spacial score (nSPS) is 13.4. The van der Waals surface area contributed by atoms with Gasteiger partial charge in [-0.15, -0.1) is 0 Å². The van der Waals surface area contributed by atoms with Crippen LogP contribution in [-0.4, -0.2) is 24.8 Å². The monoisotopic (exact) mass is 360 g/mol. The molecule has 0 fully saturated rings. The van der Waals surface area contributed by atoms with Gasteiger partial charge in [0.25, 0.3) is 0 Å². The van der Waals surface area contributed by atoms with E-state index in [1.807, 2.05) is 67.6 Å². The van der Waals surface area contributed by atoms with Crippen LogP contribution in [0.4, 0.5) is 0 Å². The molecule has 1 aliphatic heterocycles. The number of nitrogens with zero attached hydrogens (tertiary/aromatic N) is 1. The van der Waals surface area contributed by atoms with Crippen LogP contribution < -0.4 is 14.9 Å². The molecule has 5 heteroatoms. The van der Waals surface area contributed by atoms with Gasteiger partial charge in [-0.1, -0.05) is 42.5 Å². The van der Waals surface area contributed by atoms with Crippen LogP contribution in [0.2, 0.25) is 0 Å². The molecule has 0 radical (unpaired) electrons. The van der Waals surface area contributed by atoms with Crippen molar-refractivity contribution in [3.8, 4) is 11.5 Å². The van der Waals surface area contributed by atoms with Gasteiger partial charge in [-0.2, -0.15) is 5.10 Å². The van der Waals surface area contributed by atoms with E-state index in [-0.39, 0.29) is 12.3 Å². The Morgan fingerprint density at radius 3 is 2.67 bits per heavy atom. The molecule has 1 N–H and O–H groups in total. The van der Waals surface area contributed by atoms with Crippen LogP contribution in [0.25, 0.3) is 10.8 Å². The predicted octanol–water partition coefficient (Wildman–Crippen LogP) is 3.69. The second-order valence-corrected chi connectivity index (χ2v) is 6.41. The smallest absolute Gasteiger partial charge is 0.244 e. The minimum Gasteiger partial charge on any atom is -0.486 e. The SMILES string of the molecule is C/C(=N/NC(=O)Cc1cccc2ccccc12)c1ccc2c(c1)OCCO2. The van der Waals surface area contributed by atoms with E-state index in [1.54, 1.807) is 0 Å². The highest BCUT2D eigenvalue weighted by atomic mass is 16.6. The van der Waals surface area contributed by atoms with Gasteiger partial charge < -0.3 is 9.47 Å². The number of fused-ring (bicyclic) bond motifs is 2. The minimum absolute atomic E-state index is 0.150. The standard InChI is InChI=1S/C22H20N2O3/c1-15(17-9-10-20-21(13-17)27-12-11-26-20)23-24-22(25)14-18-7-4-6-16-5-2-3-8-19(16)18/h2-10,13H,11-12,14H2,1H3,(H,24,25)/b23-15-. The highest BCUT2D eigenvalue weighted by Crippen LogP contribution is 2.30. The topological polar surface area (TPSA) is 59.9 Å². The largest absolute Gasteiger partial charge is 0.486 e. The Balaban J connectivity index is 1.46. The zero-order valence-electron chi connectivity index (χ0n) is 15.1. The van der Waals surface area contributed by atoms with E-state index in [0.29, 0.717) is 24.7 Å². The first-order valence-electron chi connectivity index (χ1n) is 8.90. The Bertz CT molecular complexity index is 1020. The molecule has 0 atom stereocenters. The molecule has 4 rings (SSSR count). The highest BCUT2D eigenvalue weighted by molar-refractivity contribution is 6.00. The molecule has 0 aliphatic carbocycles. The average molecular weight is 360 g/mol. The highest BCUT2D eigenvalue weighted by Gasteiger charge is 2.13. The number of carbonyl (C=O) groups excluding carboxylic acids is 1. The van der Waals surface area contributed by atoms with Gasteiger partial charge in [0.05, 0.1) is 12.1 Å². The van der Waals surface area contributed by atoms with Gasteiger partial charge in [0.15, 0.2) is 11.5 Å². The summed E-state index contributed by atoms with van der Waals surface area (Å²) in [5.41, 5.74) is 5.22. The third-order valence-electron chi connectivity index (χ3n) is 4.54. The summed E-state index contributed by atoms with van der Waals surface area (Å²) in [6.45, 7) is 2.95. The van der Waals surface area contributed by atoms with E-state index < -0.39 is 0 Å². The average Bonchev–Trinajstić information content (AvgIpc) is 2.72. The summed E-state index contributed by atoms with van der Waals surface area (Å²) < 4.78 is 11.1. The van der Waals surface area contributed by atoms with Gasteiger partial charge in [-0.3, -0.25) is 4.79 Å². The number of amides is 1. The molecule has 0 bridgehead atoms. The Labute approximate surface area is 157 Å². The third-order valence-corrected chi connectivity index (χ3v) is 4.54. The molecule has 0 saturated heterocycles. The lowest BCUT2D eigenvalue weighted by molar-refractivity contribution is -0.120. The van der Waals surface area contributed by atoms with Crippen molar-refractivity contribution in [3.63, 3.8) is 0 Å². The van der Waals surface area contributed by atoms with E-state index in [2.05, 4.69) is 10.5 Å². The zero-order valence-corrected chi connectivity index (χ0v) is 15.1. The van der Waals surface area contributed by atoms with Crippen molar-refractivity contribution >= 4 is 22.4 Å². The Morgan fingerprint density at radius 1 is 1.00 bits per heavy atom. The molecular formula is C22H20N2O3. The van der Waals surface area contributed by atoms with Crippen LogP contribution in [0, 0.1) is 0 Å². The molecule has 0 spiro atoms. The first kappa shape index (κ1) is 17.1.